The molecule has 0 saturated heterocycles. The first-order valence-corrected chi connectivity index (χ1v) is 8.74. The van der Waals surface area contributed by atoms with Gasteiger partial charge in [-0.1, -0.05) is 53.4 Å². The summed E-state index contributed by atoms with van der Waals surface area (Å²) in [5.41, 5.74) is 0. The number of quaternary nitrogens is 1. The van der Waals surface area contributed by atoms with Crippen LogP contribution in [0.1, 0.15) is 80.5 Å². The number of nitrogens with zero attached hydrogens (tertiary/aromatic N) is 1. The summed E-state index contributed by atoms with van der Waals surface area (Å²) in [6, 6.07) is 0. The Balaban J connectivity index is -0.000000154. The molecular formula is C17H40CsINO3+. The maximum absolute atomic E-state index is 8.56. The van der Waals surface area contributed by atoms with E-state index in [-0.39, 0.29) is 94.3 Å². The van der Waals surface area contributed by atoms with Gasteiger partial charge >= 0.3 is 75.0 Å². The maximum atomic E-state index is 8.56. The van der Waals surface area contributed by atoms with Crippen LogP contribution < -0.4 is 68.9 Å². The minimum Gasteiger partial charge on any atom is -1.00 e. The van der Waals surface area contributed by atoms with E-state index < -0.39 is 6.16 Å². The first-order valence-electron chi connectivity index (χ1n) is 8.74. The summed E-state index contributed by atoms with van der Waals surface area (Å²) in [6.07, 6.45) is 9.23. The molecule has 2 N–H and O–H groups in total. The number of carboxylic acid groups (broad SMARTS) is 2. The monoisotopic (exact) mass is 566 g/mol. The van der Waals surface area contributed by atoms with Crippen molar-refractivity contribution in [2.45, 2.75) is 79.1 Å². The van der Waals surface area contributed by atoms with Gasteiger partial charge in [0.1, 0.15) is 0 Å². The molecule has 0 unspecified atom stereocenters. The van der Waals surface area contributed by atoms with E-state index in [4.69, 9.17) is 15.0 Å². The number of hydrogen-bond donors (Lipinski definition) is 2. The molecule has 138 valence electrons. The van der Waals surface area contributed by atoms with Crippen LogP contribution in [0.3, 0.4) is 0 Å². The Labute approximate surface area is 221 Å². The fourth-order valence-corrected chi connectivity index (χ4v) is 2.64. The first-order chi connectivity index (χ1) is 9.97. The molecule has 0 aliphatic heterocycles. The van der Waals surface area contributed by atoms with Crippen molar-refractivity contribution in [1.29, 1.82) is 0 Å². The van der Waals surface area contributed by atoms with Crippen LogP contribution in [0.2, 0.25) is 0 Å². The molecule has 0 atom stereocenters. The zero-order chi connectivity index (χ0) is 16.6. The predicted octanol–water partition coefficient (Wildman–Crippen LogP) is 2.96. The fourth-order valence-electron chi connectivity index (χ4n) is 2.64. The van der Waals surface area contributed by atoms with Crippen molar-refractivity contribution in [2.75, 3.05) is 26.2 Å². The molecule has 0 radical (unpaired) electrons. The van der Waals surface area contributed by atoms with E-state index in [1.54, 1.807) is 0 Å². The number of unbranched alkanes of at least 4 members (excludes halogenated alkanes) is 4. The van der Waals surface area contributed by atoms with Gasteiger partial charge < -0.3 is 16.1 Å². The Morgan fingerprint density at radius 3 is 1.04 bits per heavy atom. The Morgan fingerprint density at radius 1 is 0.739 bits per heavy atom. The van der Waals surface area contributed by atoms with Crippen LogP contribution in [0.5, 0.6) is 0 Å². The molecule has 0 aromatic carbocycles. The summed E-state index contributed by atoms with van der Waals surface area (Å²) in [5, 5.41) is 13.9. The first kappa shape index (κ1) is 32.7. The van der Waals surface area contributed by atoms with Gasteiger partial charge in [0.15, 0.2) is 0 Å². The van der Waals surface area contributed by atoms with Gasteiger partial charge in [-0.25, -0.2) is 4.79 Å². The standard InChI is InChI=1S/C16H36N.CH2O3.Cs.HI.H/c1-5-9-13-17(14-10-6-2,15-11-7-3)16-12-8-4;2-1(3)4;;;/h5-16H2,1-4H3;(H2,2,3,4);;1H;/q+1;;+1;;-1. The van der Waals surface area contributed by atoms with Crippen molar-refractivity contribution < 1.29 is 89.8 Å². The Hall–Kier alpha value is 2.01. The zero-order valence-electron chi connectivity index (χ0n) is 17.1. The Morgan fingerprint density at radius 2 is 0.913 bits per heavy atom. The minimum absolute atomic E-state index is 0. The summed E-state index contributed by atoms with van der Waals surface area (Å²) >= 11 is 0. The molecule has 0 fully saturated rings. The van der Waals surface area contributed by atoms with Gasteiger partial charge in [-0.05, 0) is 25.7 Å². The number of halogens is 1. The van der Waals surface area contributed by atoms with Gasteiger partial charge in [-0.2, -0.15) is 0 Å². The molecule has 6 heteroatoms. The maximum Gasteiger partial charge on any atom is 1.00 e. The summed E-state index contributed by atoms with van der Waals surface area (Å²) < 4.78 is 1.42. The molecule has 0 heterocycles. The van der Waals surface area contributed by atoms with Crippen LogP contribution in [-0.4, -0.2) is 47.0 Å². The van der Waals surface area contributed by atoms with Crippen molar-refractivity contribution in [3.8, 4) is 0 Å². The Bertz CT molecular complexity index is 208. The van der Waals surface area contributed by atoms with Crippen molar-refractivity contribution in [1.82, 2.24) is 0 Å². The molecule has 0 aromatic heterocycles. The molecule has 0 saturated carbocycles. The molecule has 0 amide bonds. The van der Waals surface area contributed by atoms with Gasteiger partial charge in [0, 0.05) is 0 Å². The average molecular weight is 566 g/mol. The summed E-state index contributed by atoms with van der Waals surface area (Å²) in [7, 11) is 0. The molecule has 0 aliphatic rings. The van der Waals surface area contributed by atoms with Crippen molar-refractivity contribution in [3.63, 3.8) is 0 Å². The molecule has 0 bridgehead atoms. The minimum atomic E-state index is -1.83. The second-order valence-electron chi connectivity index (χ2n) is 5.93. The Kier molecular flexibility index (Phi) is 34.1. The topological polar surface area (TPSA) is 57.5 Å². The molecule has 0 spiro atoms. The van der Waals surface area contributed by atoms with Crippen LogP contribution in [0.15, 0.2) is 0 Å². The SMILES string of the molecule is CCCC[N+](CCCC)(CCCC)CCCC.I.O=C(O)O.[Cs+].[H-]. The summed E-state index contributed by atoms with van der Waals surface area (Å²) in [6.45, 7) is 15.0. The molecule has 4 nitrogen and oxygen atoms in total. The van der Waals surface area contributed by atoms with Crippen molar-refractivity contribution in [3.05, 3.63) is 0 Å². The molecule has 0 aromatic rings. The van der Waals surface area contributed by atoms with E-state index in [2.05, 4.69) is 27.7 Å². The third-order valence-corrected chi connectivity index (χ3v) is 3.94. The van der Waals surface area contributed by atoms with E-state index in [1.807, 2.05) is 0 Å². The number of rotatable bonds is 12. The van der Waals surface area contributed by atoms with Gasteiger partial charge in [0.25, 0.3) is 0 Å². The van der Waals surface area contributed by atoms with Crippen LogP contribution in [-0.2, 0) is 0 Å². The van der Waals surface area contributed by atoms with Crippen LogP contribution in [0.4, 0.5) is 4.79 Å². The van der Waals surface area contributed by atoms with Crippen LogP contribution >= 0.6 is 24.0 Å². The molecular weight excluding hydrogens is 526 g/mol. The summed E-state index contributed by atoms with van der Waals surface area (Å²) in [4.78, 5) is 8.56. The van der Waals surface area contributed by atoms with Gasteiger partial charge in [0.2, 0.25) is 0 Å². The molecule has 0 aliphatic carbocycles. The fraction of sp³-hybridized carbons (Fsp3) is 0.941. The van der Waals surface area contributed by atoms with E-state index >= 15 is 0 Å². The predicted molar refractivity (Wildman–Crippen MR) is 107 cm³/mol. The van der Waals surface area contributed by atoms with Gasteiger partial charge in [0.05, 0.1) is 26.2 Å². The van der Waals surface area contributed by atoms with E-state index in [0.717, 1.165) is 0 Å². The van der Waals surface area contributed by atoms with E-state index in [9.17, 15) is 0 Å². The third-order valence-electron chi connectivity index (χ3n) is 3.94. The van der Waals surface area contributed by atoms with Crippen molar-refractivity contribution >= 4 is 30.1 Å². The van der Waals surface area contributed by atoms with Gasteiger partial charge in [-0.15, -0.1) is 24.0 Å². The van der Waals surface area contributed by atoms with Gasteiger partial charge in [-0.3, -0.25) is 0 Å². The largest absolute Gasteiger partial charge is 1.00 e. The second-order valence-corrected chi connectivity index (χ2v) is 5.93. The number of carbonyl (C=O) groups is 1. The van der Waals surface area contributed by atoms with E-state index in [1.165, 1.54) is 82.0 Å². The average Bonchev–Trinajstić information content (AvgIpc) is 2.45. The van der Waals surface area contributed by atoms with Crippen LogP contribution in [0, 0.1) is 0 Å². The van der Waals surface area contributed by atoms with E-state index in [0.29, 0.717) is 0 Å². The zero-order valence-corrected chi connectivity index (χ0v) is 24.8. The number of hydrogen-bond acceptors (Lipinski definition) is 1. The quantitative estimate of drug-likeness (QED) is 0.282. The second kappa shape index (κ2) is 24.0. The molecule has 0 rings (SSSR count). The summed E-state index contributed by atoms with van der Waals surface area (Å²) in [5.74, 6) is 0. The van der Waals surface area contributed by atoms with Crippen LogP contribution in [0.25, 0.3) is 0 Å². The normalized spacial score (nSPS) is 9.91. The van der Waals surface area contributed by atoms with Crippen molar-refractivity contribution in [2.24, 2.45) is 0 Å². The molecule has 23 heavy (non-hydrogen) atoms. The third kappa shape index (κ3) is 24.0. The smallest absolute Gasteiger partial charge is 1.00 e.